The number of aliphatic imine (C=N–C) groups is 1. The Morgan fingerprint density at radius 3 is 2.79 bits per heavy atom. The van der Waals surface area contributed by atoms with Crippen molar-refractivity contribution in [1.29, 1.82) is 5.26 Å². The third-order valence-corrected chi connectivity index (χ3v) is 6.89. The SMILES string of the molecule is CN=Cc1cc(-n2c(-c3ccc(C#N)c(I)c3)nc(C(=O)N[C@@H]3CCN(C)C3)c2C)ccc1N. The Morgan fingerprint density at radius 1 is 1.35 bits per heavy atom. The number of benzene rings is 2. The molecule has 1 aliphatic rings. The van der Waals surface area contributed by atoms with Gasteiger partial charge in [-0.25, -0.2) is 4.98 Å². The Bertz CT molecular complexity index is 1320. The molecular formula is C25H26IN7O. The van der Waals surface area contributed by atoms with Gasteiger partial charge in [0, 0.05) is 51.9 Å². The number of rotatable bonds is 5. The van der Waals surface area contributed by atoms with Gasteiger partial charge in [-0.05, 0) is 85.9 Å². The van der Waals surface area contributed by atoms with E-state index in [-0.39, 0.29) is 11.9 Å². The van der Waals surface area contributed by atoms with E-state index in [1.165, 1.54) is 0 Å². The molecule has 9 heteroatoms. The second kappa shape index (κ2) is 9.95. The Kier molecular flexibility index (Phi) is 7.00. The molecule has 0 bridgehead atoms. The lowest BCUT2D eigenvalue weighted by Crippen LogP contribution is -2.37. The molecule has 1 atom stereocenters. The van der Waals surface area contributed by atoms with Crippen molar-refractivity contribution in [3.8, 4) is 23.1 Å². The van der Waals surface area contributed by atoms with Gasteiger partial charge in [-0.3, -0.25) is 14.4 Å². The second-order valence-electron chi connectivity index (χ2n) is 8.43. The Balaban J connectivity index is 1.85. The van der Waals surface area contributed by atoms with Crippen LogP contribution in [0.1, 0.15) is 33.7 Å². The molecule has 2 aromatic carbocycles. The minimum Gasteiger partial charge on any atom is -0.398 e. The van der Waals surface area contributed by atoms with Crippen molar-refractivity contribution >= 4 is 40.4 Å². The summed E-state index contributed by atoms with van der Waals surface area (Å²) in [5.41, 5.74) is 10.9. The topological polar surface area (TPSA) is 112 Å². The van der Waals surface area contributed by atoms with E-state index in [4.69, 9.17) is 10.7 Å². The molecular weight excluding hydrogens is 541 g/mol. The van der Waals surface area contributed by atoms with E-state index in [0.717, 1.165) is 45.6 Å². The first-order valence-corrected chi connectivity index (χ1v) is 12.0. The average molecular weight is 567 g/mol. The lowest BCUT2D eigenvalue weighted by atomic mass is 10.1. The van der Waals surface area contributed by atoms with Crippen LogP contribution in [0.4, 0.5) is 5.69 Å². The number of hydrogen-bond acceptors (Lipinski definition) is 6. The Labute approximate surface area is 212 Å². The fraction of sp³-hybridized carbons (Fsp3) is 0.280. The normalized spacial score (nSPS) is 16.1. The van der Waals surface area contributed by atoms with Crippen molar-refractivity contribution < 1.29 is 4.79 Å². The summed E-state index contributed by atoms with van der Waals surface area (Å²) in [6.45, 7) is 3.68. The highest BCUT2D eigenvalue weighted by Gasteiger charge is 2.26. The molecule has 1 amide bonds. The fourth-order valence-corrected chi connectivity index (χ4v) is 4.87. The van der Waals surface area contributed by atoms with E-state index in [1.807, 2.05) is 41.8 Å². The molecule has 8 nitrogen and oxygen atoms in total. The van der Waals surface area contributed by atoms with Crippen LogP contribution in [0.5, 0.6) is 0 Å². The zero-order valence-corrected chi connectivity index (χ0v) is 21.5. The Hall–Kier alpha value is -3.23. The number of likely N-dealkylation sites (N-methyl/N-ethyl adjacent to an activating group) is 1. The van der Waals surface area contributed by atoms with Crippen LogP contribution in [0.3, 0.4) is 0 Å². The van der Waals surface area contributed by atoms with Gasteiger partial charge in [-0.1, -0.05) is 0 Å². The van der Waals surface area contributed by atoms with E-state index in [2.05, 4.69) is 50.9 Å². The summed E-state index contributed by atoms with van der Waals surface area (Å²) in [4.78, 5) is 24.4. The average Bonchev–Trinajstić information content (AvgIpc) is 3.38. The van der Waals surface area contributed by atoms with Gasteiger partial charge in [0.05, 0.1) is 11.3 Å². The molecule has 0 saturated carbocycles. The Morgan fingerprint density at radius 2 is 2.15 bits per heavy atom. The van der Waals surface area contributed by atoms with Gasteiger partial charge < -0.3 is 16.0 Å². The smallest absolute Gasteiger partial charge is 0.272 e. The molecule has 1 saturated heterocycles. The molecule has 2 heterocycles. The highest BCUT2D eigenvalue weighted by molar-refractivity contribution is 14.1. The number of amides is 1. The van der Waals surface area contributed by atoms with Gasteiger partial charge >= 0.3 is 0 Å². The number of nitrogens with one attached hydrogen (secondary N) is 1. The number of nitrogen functional groups attached to an aromatic ring is 1. The number of carbonyl (C=O) groups excluding carboxylic acids is 1. The van der Waals surface area contributed by atoms with Crippen molar-refractivity contribution in [3.63, 3.8) is 0 Å². The van der Waals surface area contributed by atoms with Crippen LogP contribution in [0.15, 0.2) is 41.4 Å². The molecule has 0 aliphatic carbocycles. The highest BCUT2D eigenvalue weighted by atomic mass is 127. The van der Waals surface area contributed by atoms with Crippen molar-refractivity contribution in [3.05, 3.63) is 62.5 Å². The number of imidazole rings is 1. The van der Waals surface area contributed by atoms with E-state index < -0.39 is 0 Å². The first-order valence-electron chi connectivity index (χ1n) is 10.9. The van der Waals surface area contributed by atoms with Gasteiger partial charge in [-0.2, -0.15) is 5.26 Å². The first-order chi connectivity index (χ1) is 16.3. The number of nitrogens with zero attached hydrogens (tertiary/aromatic N) is 5. The maximum atomic E-state index is 13.3. The maximum absolute atomic E-state index is 13.3. The summed E-state index contributed by atoms with van der Waals surface area (Å²) in [5.74, 6) is 0.435. The third kappa shape index (κ3) is 4.69. The number of carbonyl (C=O) groups is 1. The molecule has 1 fully saturated rings. The molecule has 3 aromatic rings. The summed E-state index contributed by atoms with van der Waals surface area (Å²) in [5, 5.41) is 12.5. The number of halogens is 1. The van der Waals surface area contributed by atoms with Crippen molar-refractivity contribution in [2.75, 3.05) is 32.9 Å². The minimum absolute atomic E-state index is 0.102. The molecule has 1 aromatic heterocycles. The van der Waals surface area contributed by atoms with Gasteiger partial charge in [0.2, 0.25) is 0 Å². The molecule has 4 rings (SSSR count). The van der Waals surface area contributed by atoms with Gasteiger partial charge in [0.15, 0.2) is 0 Å². The largest absolute Gasteiger partial charge is 0.398 e. The number of nitrogens with two attached hydrogens (primary N) is 1. The fourth-order valence-electron chi connectivity index (χ4n) is 4.23. The molecule has 3 N–H and O–H groups in total. The van der Waals surface area contributed by atoms with Crippen LogP contribution in [-0.4, -0.2) is 59.8 Å². The van der Waals surface area contributed by atoms with Crippen LogP contribution in [0.25, 0.3) is 17.1 Å². The molecule has 174 valence electrons. The zero-order valence-electron chi connectivity index (χ0n) is 19.3. The number of anilines is 1. The first kappa shape index (κ1) is 23.9. The lowest BCUT2D eigenvalue weighted by molar-refractivity contribution is 0.0933. The minimum atomic E-state index is -0.188. The summed E-state index contributed by atoms with van der Waals surface area (Å²) in [7, 11) is 3.75. The molecule has 0 radical (unpaired) electrons. The number of likely N-dealkylation sites (tertiary alicyclic amines) is 1. The molecule has 1 aliphatic heterocycles. The summed E-state index contributed by atoms with van der Waals surface area (Å²) in [6.07, 6.45) is 2.62. The summed E-state index contributed by atoms with van der Waals surface area (Å²) < 4.78 is 2.78. The van der Waals surface area contributed by atoms with E-state index in [1.54, 1.807) is 19.3 Å². The second-order valence-corrected chi connectivity index (χ2v) is 9.60. The van der Waals surface area contributed by atoms with Crippen LogP contribution < -0.4 is 11.1 Å². The zero-order chi connectivity index (χ0) is 24.4. The lowest BCUT2D eigenvalue weighted by Gasteiger charge is -2.14. The summed E-state index contributed by atoms with van der Waals surface area (Å²) in [6, 6.07) is 13.5. The van der Waals surface area contributed by atoms with Crippen molar-refractivity contribution in [1.82, 2.24) is 19.8 Å². The van der Waals surface area contributed by atoms with Gasteiger partial charge in [0.1, 0.15) is 17.6 Å². The standard InChI is InChI=1S/C25H26IN7O/c1-15-23(25(34)30-19-8-9-32(3)14-19)31-24(16-4-5-17(12-27)21(26)11-16)33(15)20-6-7-22(28)18(10-20)13-29-2/h4-7,10-11,13,19H,8-9,14,28H2,1-3H3,(H,30,34)/t19-/m1/s1. The predicted molar refractivity (Wildman–Crippen MR) is 142 cm³/mol. The molecule has 34 heavy (non-hydrogen) atoms. The summed E-state index contributed by atoms with van der Waals surface area (Å²) >= 11 is 2.15. The monoisotopic (exact) mass is 567 g/mol. The van der Waals surface area contributed by atoms with Crippen LogP contribution >= 0.6 is 22.6 Å². The van der Waals surface area contributed by atoms with Crippen LogP contribution in [-0.2, 0) is 0 Å². The quantitative estimate of drug-likeness (QED) is 0.279. The van der Waals surface area contributed by atoms with E-state index in [9.17, 15) is 10.1 Å². The van der Waals surface area contributed by atoms with E-state index in [0.29, 0.717) is 22.8 Å². The van der Waals surface area contributed by atoms with Gasteiger partial charge in [0.25, 0.3) is 5.91 Å². The van der Waals surface area contributed by atoms with Crippen molar-refractivity contribution in [2.45, 2.75) is 19.4 Å². The van der Waals surface area contributed by atoms with E-state index >= 15 is 0 Å². The van der Waals surface area contributed by atoms with Crippen LogP contribution in [0.2, 0.25) is 0 Å². The molecule has 0 spiro atoms. The van der Waals surface area contributed by atoms with Crippen LogP contribution in [0, 0.1) is 21.8 Å². The third-order valence-electron chi connectivity index (χ3n) is 5.99. The maximum Gasteiger partial charge on any atom is 0.272 e. The highest BCUT2D eigenvalue weighted by Crippen LogP contribution is 2.30. The van der Waals surface area contributed by atoms with Gasteiger partial charge in [-0.15, -0.1) is 0 Å². The number of nitriles is 1. The number of hydrogen-bond donors (Lipinski definition) is 2. The predicted octanol–water partition coefficient (Wildman–Crippen LogP) is 3.39. The van der Waals surface area contributed by atoms with Crippen molar-refractivity contribution in [2.24, 2.45) is 4.99 Å². The number of aromatic nitrogens is 2. The molecule has 0 unspecified atom stereocenters.